The van der Waals surface area contributed by atoms with Crippen molar-refractivity contribution in [3.8, 4) is 0 Å². The molecule has 1 unspecified atom stereocenters. The van der Waals surface area contributed by atoms with Gasteiger partial charge in [-0.15, -0.1) is 0 Å². The fraction of sp³-hybridized carbons (Fsp3) is 0.250. The Hall–Kier alpha value is -3.91. The normalized spacial score (nSPS) is 21.5. The SMILES string of the molecule is C/C=C/CC1(C)/C(=C\C=C\C2=[N+](C)c3ccc4ccccc4c3C2(C)C)N(C)c2ccc3ccccc3c21. The molecule has 0 amide bonds. The van der Waals surface area contributed by atoms with Crippen LogP contribution in [0, 0.1) is 0 Å². The van der Waals surface area contributed by atoms with Gasteiger partial charge in [-0.2, -0.15) is 4.58 Å². The number of nitrogens with zero attached hydrogens (tertiary/aromatic N) is 2. The highest BCUT2D eigenvalue weighted by atomic mass is 15.2. The van der Waals surface area contributed by atoms with Crippen LogP contribution in [0.2, 0.25) is 0 Å². The smallest absolute Gasteiger partial charge is 0.210 e. The molecule has 0 N–H and O–H groups in total. The average Bonchev–Trinajstić information content (AvgIpc) is 3.26. The van der Waals surface area contributed by atoms with Crippen LogP contribution in [0.3, 0.4) is 0 Å². The molecule has 0 aromatic heterocycles. The van der Waals surface area contributed by atoms with Crippen molar-refractivity contribution in [1.82, 2.24) is 0 Å². The van der Waals surface area contributed by atoms with Gasteiger partial charge in [0, 0.05) is 41.6 Å². The molecule has 6 rings (SSSR count). The summed E-state index contributed by atoms with van der Waals surface area (Å²) in [5, 5.41) is 5.31. The number of anilines is 1. The van der Waals surface area contributed by atoms with Crippen molar-refractivity contribution in [3.05, 3.63) is 120 Å². The van der Waals surface area contributed by atoms with Gasteiger partial charge in [0.15, 0.2) is 5.71 Å². The predicted molar refractivity (Wildman–Crippen MR) is 164 cm³/mol. The molecule has 2 heterocycles. The van der Waals surface area contributed by atoms with E-state index in [0.717, 1.165) is 6.42 Å². The average molecular weight is 498 g/mol. The summed E-state index contributed by atoms with van der Waals surface area (Å²) in [5.41, 5.74) is 7.91. The third kappa shape index (κ3) is 3.43. The molecule has 2 aliphatic heterocycles. The van der Waals surface area contributed by atoms with Crippen molar-refractivity contribution in [2.24, 2.45) is 0 Å². The first kappa shape index (κ1) is 24.4. The molecule has 2 aliphatic rings. The summed E-state index contributed by atoms with van der Waals surface area (Å²) >= 11 is 0. The molecule has 2 nitrogen and oxygen atoms in total. The van der Waals surface area contributed by atoms with E-state index >= 15 is 0 Å². The van der Waals surface area contributed by atoms with Crippen LogP contribution in [0.5, 0.6) is 0 Å². The molecule has 0 saturated heterocycles. The Balaban J connectivity index is 1.45. The molecule has 2 heteroatoms. The van der Waals surface area contributed by atoms with Gasteiger partial charge in [-0.05, 0) is 79.4 Å². The van der Waals surface area contributed by atoms with Crippen molar-refractivity contribution in [2.45, 2.75) is 44.9 Å². The highest BCUT2D eigenvalue weighted by Gasteiger charge is 2.45. The lowest BCUT2D eigenvalue weighted by molar-refractivity contribution is -0.401. The Kier molecular flexibility index (Phi) is 5.68. The Morgan fingerprint density at radius 3 is 2.13 bits per heavy atom. The number of likely N-dealkylation sites (N-methyl/N-ethyl adjacent to an activating group) is 1. The largest absolute Gasteiger partial charge is 0.347 e. The van der Waals surface area contributed by atoms with Crippen LogP contribution in [0.15, 0.2) is 109 Å². The van der Waals surface area contributed by atoms with Gasteiger partial charge in [0.1, 0.15) is 7.05 Å². The number of rotatable bonds is 4. The molecule has 0 aliphatic carbocycles. The van der Waals surface area contributed by atoms with Gasteiger partial charge in [0.25, 0.3) is 0 Å². The van der Waals surface area contributed by atoms with Gasteiger partial charge in [0.05, 0.1) is 5.41 Å². The van der Waals surface area contributed by atoms with E-state index < -0.39 is 0 Å². The van der Waals surface area contributed by atoms with Crippen LogP contribution >= 0.6 is 0 Å². The van der Waals surface area contributed by atoms with Gasteiger partial charge in [-0.25, -0.2) is 0 Å². The van der Waals surface area contributed by atoms with Crippen molar-refractivity contribution >= 4 is 38.6 Å². The van der Waals surface area contributed by atoms with Gasteiger partial charge >= 0.3 is 0 Å². The minimum absolute atomic E-state index is 0.0883. The maximum Gasteiger partial charge on any atom is 0.210 e. The molecular formula is C36H37N2+. The lowest BCUT2D eigenvalue weighted by Gasteiger charge is -2.28. The Morgan fingerprint density at radius 1 is 0.816 bits per heavy atom. The van der Waals surface area contributed by atoms with E-state index in [2.05, 4.69) is 154 Å². The molecule has 4 aromatic carbocycles. The number of allylic oxidation sites excluding steroid dienone is 6. The van der Waals surface area contributed by atoms with Crippen molar-refractivity contribution in [1.29, 1.82) is 0 Å². The van der Waals surface area contributed by atoms with Crippen LogP contribution < -0.4 is 4.90 Å². The number of fused-ring (bicyclic) bond motifs is 6. The second-order valence-electron chi connectivity index (χ2n) is 11.5. The first-order valence-corrected chi connectivity index (χ1v) is 13.7. The zero-order valence-corrected chi connectivity index (χ0v) is 23.4. The predicted octanol–water partition coefficient (Wildman–Crippen LogP) is 8.81. The van der Waals surface area contributed by atoms with Crippen LogP contribution in [-0.2, 0) is 10.8 Å². The first-order valence-electron chi connectivity index (χ1n) is 13.7. The Labute approximate surface area is 226 Å². The third-order valence-electron chi connectivity index (χ3n) is 8.91. The van der Waals surface area contributed by atoms with Gasteiger partial charge in [0.2, 0.25) is 5.69 Å². The fourth-order valence-electron chi connectivity index (χ4n) is 7.03. The van der Waals surface area contributed by atoms with Gasteiger partial charge in [-0.3, -0.25) is 0 Å². The molecule has 1 atom stereocenters. The van der Waals surface area contributed by atoms with Crippen LogP contribution in [0.4, 0.5) is 11.4 Å². The van der Waals surface area contributed by atoms with E-state index in [4.69, 9.17) is 0 Å². The molecule has 4 aromatic rings. The minimum Gasteiger partial charge on any atom is -0.347 e. The highest BCUT2D eigenvalue weighted by molar-refractivity contribution is 6.07. The molecule has 0 saturated carbocycles. The Morgan fingerprint density at radius 2 is 1.45 bits per heavy atom. The lowest BCUT2D eigenvalue weighted by atomic mass is 9.76. The van der Waals surface area contributed by atoms with E-state index in [1.165, 1.54) is 55.5 Å². The zero-order valence-electron chi connectivity index (χ0n) is 23.4. The number of benzene rings is 4. The standard InChI is InChI=1S/C36H37N2/c1-7-8-24-36(4)32(38(6)30-23-21-26-15-10-12-17-28(26)34(30)36)19-13-18-31-35(2,3)33-27-16-11-9-14-25(27)20-22-29(33)37(31)5/h7-23H,24H2,1-6H3/q+1/b8-7+. The van der Waals surface area contributed by atoms with E-state index in [0.29, 0.717) is 0 Å². The molecule has 0 bridgehead atoms. The van der Waals surface area contributed by atoms with E-state index in [1.54, 1.807) is 0 Å². The molecule has 0 radical (unpaired) electrons. The molecule has 38 heavy (non-hydrogen) atoms. The van der Waals surface area contributed by atoms with Gasteiger partial charge < -0.3 is 4.90 Å². The van der Waals surface area contributed by atoms with E-state index in [-0.39, 0.29) is 10.8 Å². The summed E-state index contributed by atoms with van der Waals surface area (Å²) in [4.78, 5) is 2.39. The highest BCUT2D eigenvalue weighted by Crippen LogP contribution is 2.52. The number of hydrogen-bond donors (Lipinski definition) is 0. The van der Waals surface area contributed by atoms with Crippen molar-refractivity contribution in [3.63, 3.8) is 0 Å². The quantitative estimate of drug-likeness (QED) is 0.202. The molecule has 190 valence electrons. The third-order valence-corrected chi connectivity index (χ3v) is 8.91. The van der Waals surface area contributed by atoms with Gasteiger partial charge in [-0.1, -0.05) is 72.8 Å². The molecular weight excluding hydrogens is 460 g/mol. The fourth-order valence-corrected chi connectivity index (χ4v) is 7.03. The van der Waals surface area contributed by atoms with E-state index in [1.807, 2.05) is 0 Å². The summed E-state index contributed by atoms with van der Waals surface area (Å²) in [6.07, 6.45) is 12.4. The monoisotopic (exact) mass is 497 g/mol. The lowest BCUT2D eigenvalue weighted by Crippen LogP contribution is -2.27. The first-order chi connectivity index (χ1) is 18.3. The van der Waals surface area contributed by atoms with Crippen LogP contribution in [0.25, 0.3) is 21.5 Å². The second-order valence-corrected chi connectivity index (χ2v) is 11.5. The summed E-state index contributed by atoms with van der Waals surface area (Å²) in [5.74, 6) is 0. The Bertz CT molecular complexity index is 1710. The topological polar surface area (TPSA) is 6.25 Å². The van der Waals surface area contributed by atoms with Crippen molar-refractivity contribution in [2.75, 3.05) is 19.0 Å². The number of hydrogen-bond acceptors (Lipinski definition) is 1. The maximum atomic E-state index is 2.40. The minimum atomic E-state index is -0.108. The van der Waals surface area contributed by atoms with Crippen LogP contribution in [0.1, 0.15) is 45.2 Å². The second kappa shape index (κ2) is 8.84. The van der Waals surface area contributed by atoms with Crippen LogP contribution in [-0.4, -0.2) is 24.4 Å². The van der Waals surface area contributed by atoms with E-state index in [9.17, 15) is 0 Å². The van der Waals surface area contributed by atoms with Crippen molar-refractivity contribution < 1.29 is 4.58 Å². The molecule has 0 spiro atoms. The summed E-state index contributed by atoms with van der Waals surface area (Å²) in [6, 6.07) is 26.6. The summed E-state index contributed by atoms with van der Waals surface area (Å²) < 4.78 is 2.37. The zero-order chi connectivity index (χ0) is 26.7. The summed E-state index contributed by atoms with van der Waals surface area (Å²) in [7, 11) is 4.42. The molecule has 0 fully saturated rings. The maximum absolute atomic E-state index is 2.40. The summed E-state index contributed by atoms with van der Waals surface area (Å²) in [6.45, 7) is 9.23.